The molecule has 2 N–H and O–H groups in total. The first-order chi connectivity index (χ1) is 7.27. The Kier molecular flexibility index (Phi) is 4.90. The number of anilines is 1. The predicted octanol–water partition coefficient (Wildman–Crippen LogP) is 2.39. The van der Waals surface area contributed by atoms with Gasteiger partial charge in [0.05, 0.1) is 12.3 Å². The molecule has 0 bridgehead atoms. The molecule has 0 unspecified atom stereocenters. The fraction of sp³-hybridized carbons (Fsp3) is 0.364. The second-order valence-corrected chi connectivity index (χ2v) is 3.32. The molecule has 4 heteroatoms. The first-order valence-corrected chi connectivity index (χ1v) is 5.45. The van der Waals surface area contributed by atoms with E-state index in [0.717, 1.165) is 18.0 Å². The summed E-state index contributed by atoms with van der Waals surface area (Å²) < 4.78 is 5.47. The summed E-state index contributed by atoms with van der Waals surface area (Å²) in [6.07, 6.45) is 0. The van der Waals surface area contributed by atoms with E-state index < -0.39 is 0 Å². The van der Waals surface area contributed by atoms with E-state index in [1.807, 2.05) is 38.1 Å². The molecule has 0 heterocycles. The van der Waals surface area contributed by atoms with E-state index >= 15 is 0 Å². The average Bonchev–Trinajstić information content (AvgIpc) is 2.21. The molecule has 1 rings (SSSR count). The number of benzene rings is 1. The summed E-state index contributed by atoms with van der Waals surface area (Å²) in [6, 6.07) is 7.74. The van der Waals surface area contributed by atoms with Crippen LogP contribution in [0.1, 0.15) is 13.8 Å². The Morgan fingerprint density at radius 3 is 2.73 bits per heavy atom. The molecule has 0 aliphatic rings. The van der Waals surface area contributed by atoms with Gasteiger partial charge in [-0.25, -0.2) is 0 Å². The Hall–Kier alpha value is -1.29. The van der Waals surface area contributed by atoms with E-state index in [-0.39, 0.29) is 0 Å². The van der Waals surface area contributed by atoms with Crippen LogP contribution >= 0.6 is 12.2 Å². The molecule has 0 aromatic heterocycles. The van der Waals surface area contributed by atoms with Gasteiger partial charge in [0.25, 0.3) is 0 Å². The van der Waals surface area contributed by atoms with Crippen LogP contribution in [0.15, 0.2) is 24.3 Å². The van der Waals surface area contributed by atoms with Crippen molar-refractivity contribution < 1.29 is 4.74 Å². The van der Waals surface area contributed by atoms with Crippen molar-refractivity contribution in [1.82, 2.24) is 5.32 Å². The van der Waals surface area contributed by atoms with Gasteiger partial charge in [-0.05, 0) is 38.2 Å². The van der Waals surface area contributed by atoms with Crippen LogP contribution in [0.4, 0.5) is 5.69 Å². The highest BCUT2D eigenvalue weighted by Gasteiger charge is 2.02. The third-order valence-electron chi connectivity index (χ3n) is 1.77. The van der Waals surface area contributed by atoms with Gasteiger partial charge in [-0.3, -0.25) is 0 Å². The highest BCUT2D eigenvalue weighted by atomic mass is 32.1. The SMILES string of the molecule is CCNC(=S)Nc1ccccc1OCC. The molecular weight excluding hydrogens is 208 g/mol. The molecule has 82 valence electrons. The molecule has 0 saturated carbocycles. The van der Waals surface area contributed by atoms with Crippen molar-refractivity contribution in [1.29, 1.82) is 0 Å². The van der Waals surface area contributed by atoms with E-state index in [4.69, 9.17) is 17.0 Å². The minimum absolute atomic E-state index is 0.615. The summed E-state index contributed by atoms with van der Waals surface area (Å²) in [5, 5.41) is 6.74. The molecule has 15 heavy (non-hydrogen) atoms. The second kappa shape index (κ2) is 6.24. The molecule has 1 aromatic rings. The lowest BCUT2D eigenvalue weighted by Gasteiger charge is -2.13. The number of hydrogen-bond acceptors (Lipinski definition) is 2. The Morgan fingerprint density at radius 2 is 2.07 bits per heavy atom. The van der Waals surface area contributed by atoms with Gasteiger partial charge < -0.3 is 15.4 Å². The van der Waals surface area contributed by atoms with E-state index in [0.29, 0.717) is 11.7 Å². The molecule has 0 radical (unpaired) electrons. The zero-order valence-corrected chi connectivity index (χ0v) is 9.86. The highest BCUT2D eigenvalue weighted by molar-refractivity contribution is 7.80. The molecule has 0 amide bonds. The normalized spacial score (nSPS) is 9.47. The standard InChI is InChI=1S/C11H16N2OS/c1-3-12-11(15)13-9-7-5-6-8-10(9)14-4-2/h5-8H,3-4H2,1-2H3,(H2,12,13,15). The Labute approximate surface area is 95.8 Å². The lowest BCUT2D eigenvalue weighted by atomic mass is 10.3. The van der Waals surface area contributed by atoms with Gasteiger partial charge >= 0.3 is 0 Å². The van der Waals surface area contributed by atoms with Crippen molar-refractivity contribution in [2.45, 2.75) is 13.8 Å². The van der Waals surface area contributed by atoms with Crippen molar-refractivity contribution in [2.24, 2.45) is 0 Å². The largest absolute Gasteiger partial charge is 0.492 e. The molecule has 0 aliphatic carbocycles. The minimum atomic E-state index is 0.615. The molecule has 0 fully saturated rings. The summed E-state index contributed by atoms with van der Waals surface area (Å²) in [5.74, 6) is 0.820. The van der Waals surface area contributed by atoms with Crippen LogP contribution in [-0.2, 0) is 0 Å². The van der Waals surface area contributed by atoms with Gasteiger partial charge in [0.2, 0.25) is 0 Å². The van der Waals surface area contributed by atoms with Crippen LogP contribution in [0.25, 0.3) is 0 Å². The Bertz CT molecular complexity index is 328. The summed E-state index contributed by atoms with van der Waals surface area (Å²) in [7, 11) is 0. The average molecular weight is 224 g/mol. The van der Waals surface area contributed by atoms with Gasteiger partial charge in [0.15, 0.2) is 5.11 Å². The molecular formula is C11H16N2OS. The zero-order valence-electron chi connectivity index (χ0n) is 9.04. The number of thiocarbonyl (C=S) groups is 1. The maximum atomic E-state index is 5.47. The van der Waals surface area contributed by atoms with E-state index in [2.05, 4.69) is 10.6 Å². The summed E-state index contributed by atoms with van der Waals surface area (Å²) in [6.45, 7) is 5.41. The van der Waals surface area contributed by atoms with Crippen LogP contribution in [-0.4, -0.2) is 18.3 Å². The first-order valence-electron chi connectivity index (χ1n) is 5.04. The van der Waals surface area contributed by atoms with Crippen molar-refractivity contribution in [2.75, 3.05) is 18.5 Å². The van der Waals surface area contributed by atoms with Crippen LogP contribution in [0, 0.1) is 0 Å². The van der Waals surface area contributed by atoms with Gasteiger partial charge in [0, 0.05) is 6.54 Å². The third-order valence-corrected chi connectivity index (χ3v) is 2.02. The number of ether oxygens (including phenoxy) is 1. The van der Waals surface area contributed by atoms with Crippen LogP contribution in [0.5, 0.6) is 5.75 Å². The molecule has 0 aliphatic heterocycles. The van der Waals surface area contributed by atoms with Crippen LogP contribution in [0.3, 0.4) is 0 Å². The topological polar surface area (TPSA) is 33.3 Å². The second-order valence-electron chi connectivity index (χ2n) is 2.91. The summed E-state index contributed by atoms with van der Waals surface area (Å²) >= 11 is 5.10. The van der Waals surface area contributed by atoms with Gasteiger partial charge in [0.1, 0.15) is 5.75 Å². The lowest BCUT2D eigenvalue weighted by Crippen LogP contribution is -2.28. The number of nitrogens with one attached hydrogen (secondary N) is 2. The van der Waals surface area contributed by atoms with Crippen molar-refractivity contribution in [3.05, 3.63) is 24.3 Å². The van der Waals surface area contributed by atoms with E-state index in [1.165, 1.54) is 0 Å². The minimum Gasteiger partial charge on any atom is -0.492 e. The highest BCUT2D eigenvalue weighted by Crippen LogP contribution is 2.23. The summed E-state index contributed by atoms with van der Waals surface area (Å²) in [5.41, 5.74) is 0.894. The van der Waals surface area contributed by atoms with E-state index in [9.17, 15) is 0 Å². The monoisotopic (exact) mass is 224 g/mol. The van der Waals surface area contributed by atoms with Gasteiger partial charge in [-0.1, -0.05) is 12.1 Å². The van der Waals surface area contributed by atoms with Gasteiger partial charge in [-0.15, -0.1) is 0 Å². The first kappa shape index (κ1) is 11.8. The maximum absolute atomic E-state index is 5.47. The smallest absolute Gasteiger partial charge is 0.170 e. The lowest BCUT2D eigenvalue weighted by molar-refractivity contribution is 0.342. The zero-order chi connectivity index (χ0) is 11.1. The van der Waals surface area contributed by atoms with Crippen LogP contribution in [0.2, 0.25) is 0 Å². The number of rotatable bonds is 4. The maximum Gasteiger partial charge on any atom is 0.170 e. The fourth-order valence-electron chi connectivity index (χ4n) is 1.18. The quantitative estimate of drug-likeness (QED) is 0.769. The Morgan fingerprint density at radius 1 is 1.33 bits per heavy atom. The molecule has 1 aromatic carbocycles. The van der Waals surface area contributed by atoms with Crippen LogP contribution < -0.4 is 15.4 Å². The number of hydrogen-bond donors (Lipinski definition) is 2. The van der Waals surface area contributed by atoms with Crippen molar-refractivity contribution >= 4 is 23.0 Å². The molecule has 3 nitrogen and oxygen atoms in total. The summed E-state index contributed by atoms with van der Waals surface area (Å²) in [4.78, 5) is 0. The van der Waals surface area contributed by atoms with E-state index in [1.54, 1.807) is 0 Å². The molecule has 0 atom stereocenters. The predicted molar refractivity (Wildman–Crippen MR) is 67.5 cm³/mol. The van der Waals surface area contributed by atoms with Crippen molar-refractivity contribution in [3.8, 4) is 5.75 Å². The van der Waals surface area contributed by atoms with Crippen molar-refractivity contribution in [3.63, 3.8) is 0 Å². The molecule has 0 saturated heterocycles. The van der Waals surface area contributed by atoms with Gasteiger partial charge in [-0.2, -0.15) is 0 Å². The third kappa shape index (κ3) is 3.75. The fourth-order valence-corrected chi connectivity index (χ4v) is 1.43. The Balaban J connectivity index is 2.70. The molecule has 0 spiro atoms. The number of para-hydroxylation sites is 2.